The van der Waals surface area contributed by atoms with Crippen LogP contribution in [0.5, 0.6) is 0 Å². The van der Waals surface area contributed by atoms with Crippen LogP contribution in [0.1, 0.15) is 27.7 Å². The van der Waals surface area contributed by atoms with E-state index in [4.69, 9.17) is 24.3 Å². The Kier molecular flexibility index (Phi) is 8.43. The first kappa shape index (κ1) is 32.5. The lowest BCUT2D eigenvalue weighted by atomic mass is 9.78. The van der Waals surface area contributed by atoms with Crippen molar-refractivity contribution in [2.45, 2.75) is 38.9 Å². The first-order chi connectivity index (χ1) is 24.7. The van der Waals surface area contributed by atoms with Crippen molar-refractivity contribution in [3.63, 3.8) is 0 Å². The Morgan fingerprint density at radius 1 is 0.353 bits per heavy atom. The van der Waals surface area contributed by atoms with E-state index in [-0.39, 0.29) is 0 Å². The van der Waals surface area contributed by atoms with Crippen molar-refractivity contribution in [3.05, 3.63) is 158 Å². The molecule has 1 saturated heterocycles. The lowest BCUT2D eigenvalue weighted by Crippen LogP contribution is -2.41. The average molecular weight is 664 g/mol. The minimum atomic E-state index is -0.437. The molecule has 1 fully saturated rings. The zero-order valence-corrected chi connectivity index (χ0v) is 29.2. The van der Waals surface area contributed by atoms with Crippen molar-refractivity contribution < 1.29 is 9.31 Å². The number of hydrogen-bond donors (Lipinski definition) is 0. The van der Waals surface area contributed by atoms with Crippen LogP contribution in [-0.4, -0.2) is 33.3 Å². The second kappa shape index (κ2) is 13.2. The van der Waals surface area contributed by atoms with Gasteiger partial charge in [0.25, 0.3) is 0 Å². The highest BCUT2D eigenvalue weighted by Crippen LogP contribution is 2.37. The number of aromatic nitrogens is 3. The topological polar surface area (TPSA) is 57.1 Å². The molecular formula is C45H38BN3O2. The van der Waals surface area contributed by atoms with Gasteiger partial charge in [-0.3, -0.25) is 0 Å². The number of benzene rings is 6. The molecule has 8 rings (SSSR count). The lowest BCUT2D eigenvalue weighted by molar-refractivity contribution is 0.00578. The summed E-state index contributed by atoms with van der Waals surface area (Å²) < 4.78 is 12.7. The molecule has 5 nitrogen and oxygen atoms in total. The third-order valence-corrected chi connectivity index (χ3v) is 10.0. The molecule has 7 aromatic rings. The van der Waals surface area contributed by atoms with E-state index in [1.54, 1.807) is 0 Å². The summed E-state index contributed by atoms with van der Waals surface area (Å²) in [7, 11) is -0.437. The smallest absolute Gasteiger partial charge is 0.399 e. The Bertz CT molecular complexity index is 2190. The van der Waals surface area contributed by atoms with Crippen LogP contribution in [0, 0.1) is 0 Å². The van der Waals surface area contributed by atoms with E-state index in [1.807, 2.05) is 12.1 Å². The van der Waals surface area contributed by atoms with Gasteiger partial charge in [-0.05, 0) is 72.6 Å². The molecule has 6 heteroatoms. The lowest BCUT2D eigenvalue weighted by Gasteiger charge is -2.32. The fourth-order valence-corrected chi connectivity index (χ4v) is 6.33. The van der Waals surface area contributed by atoms with Gasteiger partial charge in [-0.25, -0.2) is 15.0 Å². The molecule has 0 unspecified atom stereocenters. The molecule has 0 atom stereocenters. The molecule has 6 aromatic carbocycles. The molecule has 248 valence electrons. The Labute approximate surface area is 300 Å². The predicted molar refractivity (Wildman–Crippen MR) is 208 cm³/mol. The van der Waals surface area contributed by atoms with Gasteiger partial charge in [0.05, 0.1) is 11.2 Å². The molecule has 2 heterocycles. The van der Waals surface area contributed by atoms with Crippen LogP contribution >= 0.6 is 0 Å². The molecule has 0 aliphatic carbocycles. The van der Waals surface area contributed by atoms with E-state index in [9.17, 15) is 0 Å². The first-order valence-corrected chi connectivity index (χ1v) is 17.4. The van der Waals surface area contributed by atoms with Crippen molar-refractivity contribution in [2.24, 2.45) is 0 Å². The van der Waals surface area contributed by atoms with Gasteiger partial charge in [0.15, 0.2) is 17.5 Å². The maximum absolute atomic E-state index is 6.36. The van der Waals surface area contributed by atoms with Crippen LogP contribution in [0.25, 0.3) is 67.5 Å². The molecule has 0 spiro atoms. The SMILES string of the molecule is CC1(C)OB(c2cccc(-c3cccc(-c4nc(-c5ccc(-c6ccccc6)cc5)nc(-c5ccc(-c6ccccc6)cc5)n4)c3)c2)OC1(C)C. The zero-order chi connectivity index (χ0) is 35.0. The van der Waals surface area contributed by atoms with Crippen molar-refractivity contribution in [2.75, 3.05) is 0 Å². The summed E-state index contributed by atoms with van der Waals surface area (Å²) in [4.78, 5) is 15.1. The molecule has 0 bridgehead atoms. The molecule has 51 heavy (non-hydrogen) atoms. The Morgan fingerprint density at radius 2 is 0.706 bits per heavy atom. The maximum atomic E-state index is 6.36. The monoisotopic (exact) mass is 663 g/mol. The van der Waals surface area contributed by atoms with Crippen LogP contribution in [0.2, 0.25) is 0 Å². The van der Waals surface area contributed by atoms with Gasteiger partial charge < -0.3 is 9.31 Å². The van der Waals surface area contributed by atoms with E-state index >= 15 is 0 Å². The van der Waals surface area contributed by atoms with Gasteiger partial charge in [0, 0.05) is 16.7 Å². The van der Waals surface area contributed by atoms with Crippen molar-refractivity contribution in [1.29, 1.82) is 0 Å². The van der Waals surface area contributed by atoms with Gasteiger partial charge in [0.2, 0.25) is 0 Å². The summed E-state index contributed by atoms with van der Waals surface area (Å²) in [5.41, 5.74) is 9.63. The van der Waals surface area contributed by atoms with E-state index in [0.717, 1.165) is 44.4 Å². The summed E-state index contributed by atoms with van der Waals surface area (Å²) in [6.45, 7) is 8.30. The maximum Gasteiger partial charge on any atom is 0.494 e. The highest BCUT2D eigenvalue weighted by molar-refractivity contribution is 6.62. The van der Waals surface area contributed by atoms with E-state index in [1.165, 1.54) is 11.1 Å². The van der Waals surface area contributed by atoms with Crippen LogP contribution in [-0.2, 0) is 9.31 Å². The fourth-order valence-electron chi connectivity index (χ4n) is 6.33. The van der Waals surface area contributed by atoms with Gasteiger partial charge >= 0.3 is 7.12 Å². The molecule has 1 aromatic heterocycles. The molecule has 0 amide bonds. The quantitative estimate of drug-likeness (QED) is 0.159. The van der Waals surface area contributed by atoms with Crippen LogP contribution in [0.4, 0.5) is 0 Å². The average Bonchev–Trinajstić information content (AvgIpc) is 3.41. The largest absolute Gasteiger partial charge is 0.494 e. The number of nitrogens with zero attached hydrogens (tertiary/aromatic N) is 3. The summed E-state index contributed by atoms with van der Waals surface area (Å²) >= 11 is 0. The van der Waals surface area contributed by atoms with Gasteiger partial charge in [0.1, 0.15) is 0 Å². The van der Waals surface area contributed by atoms with Crippen molar-refractivity contribution in [1.82, 2.24) is 15.0 Å². The van der Waals surface area contributed by atoms with E-state index in [2.05, 4.69) is 173 Å². The normalized spacial score (nSPS) is 14.8. The summed E-state index contributed by atoms with van der Waals surface area (Å²) in [5.74, 6) is 1.85. The molecule has 1 aliphatic rings. The third kappa shape index (κ3) is 6.64. The van der Waals surface area contributed by atoms with E-state index in [0.29, 0.717) is 17.5 Å². The molecule has 0 saturated carbocycles. The van der Waals surface area contributed by atoms with E-state index < -0.39 is 18.3 Å². The molecule has 1 aliphatic heterocycles. The molecule has 0 radical (unpaired) electrons. The second-order valence-corrected chi connectivity index (χ2v) is 14.0. The van der Waals surface area contributed by atoms with Crippen molar-refractivity contribution >= 4 is 12.6 Å². The summed E-state index contributed by atoms with van der Waals surface area (Å²) in [5, 5.41) is 0. The Balaban J connectivity index is 1.17. The van der Waals surface area contributed by atoms with Gasteiger partial charge in [-0.1, -0.05) is 152 Å². The minimum Gasteiger partial charge on any atom is -0.399 e. The van der Waals surface area contributed by atoms with Crippen LogP contribution in [0.3, 0.4) is 0 Å². The third-order valence-electron chi connectivity index (χ3n) is 10.0. The number of hydrogen-bond acceptors (Lipinski definition) is 5. The van der Waals surface area contributed by atoms with Gasteiger partial charge in [-0.2, -0.15) is 0 Å². The first-order valence-electron chi connectivity index (χ1n) is 17.4. The highest BCUT2D eigenvalue weighted by Gasteiger charge is 2.51. The summed E-state index contributed by atoms with van der Waals surface area (Å²) in [6, 6.07) is 54.3. The second-order valence-electron chi connectivity index (χ2n) is 14.0. The Morgan fingerprint density at radius 3 is 1.20 bits per heavy atom. The minimum absolute atomic E-state index is 0.411. The standard InChI is InChI=1S/C45H38BN3O2/c1-44(2)45(3,4)51-46(50-44)40-20-12-18-38(30-40)37-17-11-19-39(29-37)43-48-41(35-25-21-33(22-26-35)31-13-7-5-8-14-31)47-42(49-43)36-27-23-34(24-28-36)32-15-9-6-10-16-32/h5-30H,1-4H3. The summed E-state index contributed by atoms with van der Waals surface area (Å²) in [6.07, 6.45) is 0. The molecular weight excluding hydrogens is 625 g/mol. The van der Waals surface area contributed by atoms with Crippen LogP contribution < -0.4 is 5.46 Å². The van der Waals surface area contributed by atoms with Gasteiger partial charge in [-0.15, -0.1) is 0 Å². The van der Waals surface area contributed by atoms with Crippen molar-refractivity contribution in [3.8, 4) is 67.5 Å². The zero-order valence-electron chi connectivity index (χ0n) is 29.2. The number of rotatable bonds is 7. The fraction of sp³-hybridized carbons (Fsp3) is 0.133. The predicted octanol–water partition coefficient (Wildman–Crippen LogP) is 10.2. The van der Waals surface area contributed by atoms with Crippen LogP contribution in [0.15, 0.2) is 158 Å². The molecule has 0 N–H and O–H groups in total. The Hall–Kier alpha value is -5.69. The highest BCUT2D eigenvalue weighted by atomic mass is 16.7.